The summed E-state index contributed by atoms with van der Waals surface area (Å²) in [5, 5.41) is 8.67. The summed E-state index contributed by atoms with van der Waals surface area (Å²) < 4.78 is 0. The van der Waals surface area contributed by atoms with Crippen LogP contribution in [0.4, 0.5) is 11.4 Å². The molecular weight excluding hydrogens is 687 g/mol. The van der Waals surface area contributed by atoms with Crippen molar-refractivity contribution in [2.24, 2.45) is 0 Å². The van der Waals surface area contributed by atoms with Crippen molar-refractivity contribution < 1.29 is 0 Å². The van der Waals surface area contributed by atoms with Crippen LogP contribution in [0, 0.1) is 0 Å². The lowest BCUT2D eigenvalue weighted by Gasteiger charge is -2.16. The fourth-order valence-corrected chi connectivity index (χ4v) is 8.43. The molecule has 0 amide bonds. The number of rotatable bonds is 8. The Morgan fingerprint density at radius 2 is 0.544 bits per heavy atom. The lowest BCUT2D eigenvalue weighted by Crippen LogP contribution is -1.92. The van der Waals surface area contributed by atoms with Gasteiger partial charge in [0.15, 0.2) is 0 Å². The van der Waals surface area contributed by atoms with Gasteiger partial charge in [0, 0.05) is 11.4 Å². The molecule has 0 saturated heterocycles. The first kappa shape index (κ1) is 34.0. The van der Waals surface area contributed by atoms with Gasteiger partial charge in [-0.05, 0) is 113 Å². The van der Waals surface area contributed by atoms with E-state index in [0.29, 0.717) is 0 Å². The topological polar surface area (TPSA) is 12.0 Å². The molecule has 0 bridgehead atoms. The Kier molecular flexibility index (Phi) is 8.95. The molecule has 0 aromatic heterocycles. The fourth-order valence-electron chi connectivity index (χ4n) is 8.43. The second kappa shape index (κ2) is 15.0. The second-order valence-corrected chi connectivity index (χ2v) is 14.5. The molecule has 0 saturated carbocycles. The zero-order valence-electron chi connectivity index (χ0n) is 31.4. The van der Waals surface area contributed by atoms with Crippen molar-refractivity contribution in [3.63, 3.8) is 0 Å². The molecule has 57 heavy (non-hydrogen) atoms. The summed E-state index contributed by atoms with van der Waals surface area (Å²) in [4.78, 5) is 0. The third kappa shape index (κ3) is 6.56. The largest absolute Gasteiger partial charge is 0.356 e. The molecule has 1 heteroatoms. The highest BCUT2D eigenvalue weighted by Gasteiger charge is 2.14. The highest BCUT2D eigenvalue weighted by atomic mass is 14.9. The van der Waals surface area contributed by atoms with Gasteiger partial charge in [-0.3, -0.25) is 0 Å². The first-order valence-corrected chi connectivity index (χ1v) is 19.6. The maximum atomic E-state index is 3.69. The molecule has 0 unspecified atom stereocenters. The van der Waals surface area contributed by atoms with Crippen molar-refractivity contribution in [2.45, 2.75) is 0 Å². The van der Waals surface area contributed by atoms with Crippen LogP contribution in [0.3, 0.4) is 0 Å². The SMILES string of the molecule is c1ccc(-c2ccccc2-c2cccc3c(-c4ccc(Nc5cccc(-c6cccc7c(-c8ccccc8-c8ccccc8)cccc67)c5)cc4)cccc23)cc1. The fraction of sp³-hybridized carbons (Fsp3) is 0. The number of anilines is 2. The average Bonchev–Trinajstić information content (AvgIpc) is 3.29. The Morgan fingerprint density at radius 1 is 0.193 bits per heavy atom. The Morgan fingerprint density at radius 3 is 1.05 bits per heavy atom. The summed E-state index contributed by atoms with van der Waals surface area (Å²) >= 11 is 0. The minimum Gasteiger partial charge on any atom is -0.356 e. The lowest BCUT2D eigenvalue weighted by atomic mass is 9.89. The van der Waals surface area contributed by atoms with Crippen LogP contribution in [0.15, 0.2) is 231 Å². The van der Waals surface area contributed by atoms with Crippen LogP contribution in [-0.2, 0) is 0 Å². The average molecular weight is 726 g/mol. The molecule has 1 nitrogen and oxygen atoms in total. The van der Waals surface area contributed by atoms with Gasteiger partial charge >= 0.3 is 0 Å². The summed E-state index contributed by atoms with van der Waals surface area (Å²) in [6.45, 7) is 0. The molecule has 10 aromatic carbocycles. The highest BCUT2D eigenvalue weighted by molar-refractivity contribution is 6.08. The molecule has 0 aliphatic rings. The van der Waals surface area contributed by atoms with Crippen molar-refractivity contribution >= 4 is 32.9 Å². The van der Waals surface area contributed by atoms with Crippen molar-refractivity contribution in [3.05, 3.63) is 231 Å². The van der Waals surface area contributed by atoms with Gasteiger partial charge in [0.25, 0.3) is 0 Å². The van der Waals surface area contributed by atoms with Crippen LogP contribution in [0.1, 0.15) is 0 Å². The van der Waals surface area contributed by atoms with Crippen LogP contribution >= 0.6 is 0 Å². The Bertz CT molecular complexity index is 3020. The van der Waals surface area contributed by atoms with Gasteiger partial charge in [0.05, 0.1) is 0 Å². The summed E-state index contributed by atoms with van der Waals surface area (Å²) in [6.07, 6.45) is 0. The van der Waals surface area contributed by atoms with Gasteiger partial charge in [-0.2, -0.15) is 0 Å². The molecule has 0 fully saturated rings. The zero-order chi connectivity index (χ0) is 38.0. The van der Waals surface area contributed by atoms with E-state index in [0.717, 1.165) is 11.4 Å². The van der Waals surface area contributed by atoms with Crippen molar-refractivity contribution in [1.82, 2.24) is 0 Å². The van der Waals surface area contributed by atoms with E-state index >= 15 is 0 Å². The number of hydrogen-bond donors (Lipinski definition) is 1. The molecule has 0 atom stereocenters. The van der Waals surface area contributed by atoms with Crippen LogP contribution in [0.2, 0.25) is 0 Å². The van der Waals surface area contributed by atoms with E-state index in [1.807, 2.05) is 0 Å². The van der Waals surface area contributed by atoms with Crippen molar-refractivity contribution in [3.8, 4) is 66.8 Å². The maximum Gasteiger partial charge on any atom is 0.0390 e. The number of nitrogens with one attached hydrogen (secondary N) is 1. The van der Waals surface area contributed by atoms with E-state index in [1.54, 1.807) is 0 Å². The van der Waals surface area contributed by atoms with Gasteiger partial charge < -0.3 is 5.32 Å². The monoisotopic (exact) mass is 725 g/mol. The molecule has 268 valence electrons. The summed E-state index contributed by atoms with van der Waals surface area (Å²) in [7, 11) is 0. The predicted octanol–water partition coefficient (Wildman–Crippen LogP) is 15.7. The van der Waals surface area contributed by atoms with E-state index < -0.39 is 0 Å². The van der Waals surface area contributed by atoms with Gasteiger partial charge in [0.2, 0.25) is 0 Å². The summed E-state index contributed by atoms with van der Waals surface area (Å²) in [6, 6.07) is 83.0. The van der Waals surface area contributed by atoms with Gasteiger partial charge in [-0.1, -0.05) is 206 Å². The lowest BCUT2D eigenvalue weighted by molar-refractivity contribution is 1.54. The van der Waals surface area contributed by atoms with Crippen LogP contribution in [0.5, 0.6) is 0 Å². The quantitative estimate of drug-likeness (QED) is 0.164. The minimum absolute atomic E-state index is 1.05. The summed E-state index contributed by atoms with van der Waals surface area (Å²) in [5.74, 6) is 0. The van der Waals surface area contributed by atoms with Crippen LogP contribution in [0.25, 0.3) is 88.3 Å². The third-order valence-electron chi connectivity index (χ3n) is 11.1. The molecule has 0 aliphatic heterocycles. The minimum atomic E-state index is 1.05. The number of hydrogen-bond acceptors (Lipinski definition) is 1. The molecule has 0 radical (unpaired) electrons. The van der Waals surface area contributed by atoms with Crippen molar-refractivity contribution in [1.29, 1.82) is 0 Å². The molecule has 0 heterocycles. The van der Waals surface area contributed by atoms with Crippen molar-refractivity contribution in [2.75, 3.05) is 5.32 Å². The van der Waals surface area contributed by atoms with Crippen LogP contribution < -0.4 is 5.32 Å². The van der Waals surface area contributed by atoms with E-state index in [4.69, 9.17) is 0 Å². The first-order chi connectivity index (χ1) is 28.3. The third-order valence-corrected chi connectivity index (χ3v) is 11.1. The van der Waals surface area contributed by atoms with E-state index in [-0.39, 0.29) is 0 Å². The first-order valence-electron chi connectivity index (χ1n) is 19.6. The Balaban J connectivity index is 0.949. The predicted molar refractivity (Wildman–Crippen MR) is 244 cm³/mol. The Hall–Kier alpha value is -7.48. The number of benzene rings is 10. The van der Waals surface area contributed by atoms with E-state index in [9.17, 15) is 0 Å². The van der Waals surface area contributed by atoms with Gasteiger partial charge in [-0.15, -0.1) is 0 Å². The van der Waals surface area contributed by atoms with E-state index in [1.165, 1.54) is 88.3 Å². The van der Waals surface area contributed by atoms with Gasteiger partial charge in [0.1, 0.15) is 0 Å². The molecular formula is C56H39N. The highest BCUT2D eigenvalue weighted by Crippen LogP contribution is 2.41. The smallest absolute Gasteiger partial charge is 0.0390 e. The summed E-state index contributed by atoms with van der Waals surface area (Å²) in [5.41, 5.74) is 16.8. The molecule has 0 aliphatic carbocycles. The number of fused-ring (bicyclic) bond motifs is 2. The maximum absolute atomic E-state index is 3.69. The van der Waals surface area contributed by atoms with Crippen LogP contribution in [-0.4, -0.2) is 0 Å². The molecule has 1 N–H and O–H groups in total. The Labute approximate surface area is 334 Å². The van der Waals surface area contributed by atoms with E-state index in [2.05, 4.69) is 236 Å². The second-order valence-electron chi connectivity index (χ2n) is 14.5. The zero-order valence-corrected chi connectivity index (χ0v) is 31.4. The molecule has 10 aromatic rings. The normalized spacial score (nSPS) is 11.2. The van der Waals surface area contributed by atoms with Gasteiger partial charge in [-0.25, -0.2) is 0 Å². The standard InChI is InChI=1S/C56H39N/c1-3-16-39(17-4-1)45-22-7-9-24-49(45)53-32-14-28-51-47(26-12-30-55(51)53)41-34-36-43(37-35-41)57-44-21-11-20-42(38-44)48-27-13-31-56-52(48)29-15-33-54(56)50-25-10-8-23-46(50)40-18-5-2-6-19-40/h1-38,57H. The molecule has 0 spiro atoms. The molecule has 10 rings (SSSR count).